The highest BCUT2D eigenvalue weighted by molar-refractivity contribution is 8.00. The van der Waals surface area contributed by atoms with E-state index in [1.807, 2.05) is 38.5 Å². The summed E-state index contributed by atoms with van der Waals surface area (Å²) in [5.41, 5.74) is 1.26. The van der Waals surface area contributed by atoms with Crippen LogP contribution in [0.1, 0.15) is 28.2 Å². The van der Waals surface area contributed by atoms with Gasteiger partial charge in [0.05, 0.1) is 17.0 Å². The number of rotatable bonds is 5. The van der Waals surface area contributed by atoms with Crippen LogP contribution >= 0.6 is 23.1 Å². The molecule has 25 heavy (non-hydrogen) atoms. The van der Waals surface area contributed by atoms with Gasteiger partial charge in [-0.25, -0.2) is 0 Å². The summed E-state index contributed by atoms with van der Waals surface area (Å²) in [5, 5.41) is 7.79. The summed E-state index contributed by atoms with van der Waals surface area (Å²) in [5.74, 6) is -0.162. The summed E-state index contributed by atoms with van der Waals surface area (Å²) >= 11 is 3.19. The molecule has 0 aliphatic carbocycles. The Morgan fingerprint density at radius 1 is 1.36 bits per heavy atom. The number of carbonyl (C=O) groups is 2. The van der Waals surface area contributed by atoms with E-state index in [-0.39, 0.29) is 23.1 Å². The van der Waals surface area contributed by atoms with Gasteiger partial charge in [0, 0.05) is 21.9 Å². The number of nitrogens with zero attached hydrogens (tertiary/aromatic N) is 1. The van der Waals surface area contributed by atoms with Gasteiger partial charge in [0.25, 0.3) is 5.91 Å². The lowest BCUT2D eigenvalue weighted by Crippen LogP contribution is -2.34. The molecule has 5 nitrogen and oxygen atoms in total. The number of benzene rings is 1. The van der Waals surface area contributed by atoms with Crippen molar-refractivity contribution >= 4 is 40.6 Å². The molecule has 0 spiro atoms. The van der Waals surface area contributed by atoms with E-state index in [1.165, 1.54) is 16.6 Å². The minimum Gasteiger partial charge on any atom is -0.350 e. The third-order valence-electron chi connectivity index (χ3n) is 4.12. The van der Waals surface area contributed by atoms with Gasteiger partial charge >= 0.3 is 0 Å². The van der Waals surface area contributed by atoms with E-state index in [4.69, 9.17) is 0 Å². The standard InChI is InChI=1S/C18H21N3O2S2/c1-11-17(22)20-13-9-12(6-7-15(13)25-11)18(23)19-10-14(21(2)3)16-5-4-8-24-16/h4-9,11,14H,10H2,1-3H3,(H,19,23)(H,20,22)/t11-,14+/m1/s1. The highest BCUT2D eigenvalue weighted by Gasteiger charge is 2.24. The third-order valence-corrected chi connectivity index (χ3v) is 6.27. The summed E-state index contributed by atoms with van der Waals surface area (Å²) < 4.78 is 0. The van der Waals surface area contributed by atoms with Crippen molar-refractivity contribution in [3.63, 3.8) is 0 Å². The molecule has 1 aromatic carbocycles. The number of carbonyl (C=O) groups excluding carboxylic acids is 2. The van der Waals surface area contributed by atoms with Crippen LogP contribution < -0.4 is 10.6 Å². The van der Waals surface area contributed by atoms with E-state index in [0.717, 1.165) is 4.90 Å². The maximum atomic E-state index is 12.5. The van der Waals surface area contributed by atoms with Gasteiger partial charge in [-0.3, -0.25) is 9.59 Å². The molecule has 0 bridgehead atoms. The Morgan fingerprint density at radius 3 is 2.84 bits per heavy atom. The van der Waals surface area contributed by atoms with Crippen LogP contribution in [0.5, 0.6) is 0 Å². The van der Waals surface area contributed by atoms with Gasteiger partial charge in [-0.2, -0.15) is 0 Å². The van der Waals surface area contributed by atoms with Gasteiger partial charge in [0.1, 0.15) is 0 Å². The molecule has 7 heteroatoms. The smallest absolute Gasteiger partial charge is 0.251 e. The van der Waals surface area contributed by atoms with Gasteiger partial charge < -0.3 is 15.5 Å². The lowest BCUT2D eigenvalue weighted by Gasteiger charge is -2.24. The maximum Gasteiger partial charge on any atom is 0.251 e. The Balaban J connectivity index is 1.69. The van der Waals surface area contributed by atoms with Gasteiger partial charge in [-0.15, -0.1) is 23.1 Å². The summed E-state index contributed by atoms with van der Waals surface area (Å²) in [6, 6.07) is 9.68. The Morgan fingerprint density at radius 2 is 2.16 bits per heavy atom. The zero-order valence-electron chi connectivity index (χ0n) is 14.4. The van der Waals surface area contributed by atoms with Crippen molar-refractivity contribution in [2.45, 2.75) is 23.1 Å². The minimum absolute atomic E-state index is 0.0274. The first-order chi connectivity index (χ1) is 12.0. The molecule has 1 aliphatic heterocycles. The average Bonchev–Trinajstić information content (AvgIpc) is 3.09. The fourth-order valence-corrected chi connectivity index (χ4v) is 4.51. The largest absolute Gasteiger partial charge is 0.350 e. The van der Waals surface area contributed by atoms with E-state index in [9.17, 15) is 9.59 Å². The van der Waals surface area contributed by atoms with Crippen LogP contribution in [0.25, 0.3) is 0 Å². The van der Waals surface area contributed by atoms with Crippen LogP contribution in [-0.4, -0.2) is 42.6 Å². The second kappa shape index (κ2) is 7.59. The molecule has 132 valence electrons. The second-order valence-corrected chi connectivity index (χ2v) is 8.53. The third kappa shape index (κ3) is 4.05. The van der Waals surface area contributed by atoms with E-state index in [0.29, 0.717) is 17.8 Å². The molecule has 0 unspecified atom stereocenters. The van der Waals surface area contributed by atoms with Crippen LogP contribution in [-0.2, 0) is 4.79 Å². The lowest BCUT2D eigenvalue weighted by atomic mass is 10.1. The van der Waals surface area contributed by atoms with Gasteiger partial charge in [0.2, 0.25) is 5.91 Å². The molecule has 2 atom stereocenters. The van der Waals surface area contributed by atoms with Gasteiger partial charge in [-0.05, 0) is 50.7 Å². The summed E-state index contributed by atoms with van der Waals surface area (Å²) in [4.78, 5) is 28.7. The molecule has 0 radical (unpaired) electrons. The van der Waals surface area contributed by atoms with Crippen molar-refractivity contribution in [1.29, 1.82) is 0 Å². The first-order valence-corrected chi connectivity index (χ1v) is 9.81. The number of fused-ring (bicyclic) bond motifs is 1. The monoisotopic (exact) mass is 375 g/mol. The molecular weight excluding hydrogens is 354 g/mol. The van der Waals surface area contributed by atoms with E-state index < -0.39 is 0 Å². The zero-order chi connectivity index (χ0) is 18.0. The highest BCUT2D eigenvalue weighted by atomic mass is 32.2. The molecule has 2 heterocycles. The van der Waals surface area contributed by atoms with E-state index in [2.05, 4.69) is 21.6 Å². The number of likely N-dealkylation sites (N-methyl/N-ethyl adjacent to an activating group) is 1. The van der Waals surface area contributed by atoms with Crippen molar-refractivity contribution < 1.29 is 9.59 Å². The molecule has 1 aromatic heterocycles. The van der Waals surface area contributed by atoms with Crippen LogP contribution in [0.4, 0.5) is 5.69 Å². The number of hydrogen-bond donors (Lipinski definition) is 2. The first-order valence-electron chi connectivity index (χ1n) is 8.05. The fraction of sp³-hybridized carbons (Fsp3) is 0.333. The quantitative estimate of drug-likeness (QED) is 0.842. The van der Waals surface area contributed by atoms with Crippen molar-refractivity contribution in [3.05, 3.63) is 46.2 Å². The second-order valence-electron chi connectivity index (χ2n) is 6.17. The lowest BCUT2D eigenvalue weighted by molar-refractivity contribution is -0.115. The fourth-order valence-electron chi connectivity index (χ4n) is 2.66. The molecule has 2 aromatic rings. The number of amides is 2. The summed E-state index contributed by atoms with van der Waals surface area (Å²) in [7, 11) is 4.01. The molecule has 0 saturated carbocycles. The predicted molar refractivity (Wildman–Crippen MR) is 103 cm³/mol. The minimum atomic E-state index is -0.135. The van der Waals surface area contributed by atoms with Gasteiger partial charge in [0.15, 0.2) is 0 Å². The Kier molecular flexibility index (Phi) is 5.46. The van der Waals surface area contributed by atoms with Gasteiger partial charge in [-0.1, -0.05) is 6.07 Å². The number of thiophene rings is 1. The molecule has 2 N–H and O–H groups in total. The Bertz CT molecular complexity index is 775. The summed E-state index contributed by atoms with van der Waals surface area (Å²) in [6.45, 7) is 2.40. The number of thioether (sulfide) groups is 1. The first kappa shape index (κ1) is 18.0. The molecular formula is C18H21N3O2S2. The van der Waals surface area contributed by atoms with E-state index in [1.54, 1.807) is 23.5 Å². The summed E-state index contributed by atoms with van der Waals surface area (Å²) in [6.07, 6.45) is 0. The molecule has 1 aliphatic rings. The topological polar surface area (TPSA) is 61.4 Å². The molecule has 0 fully saturated rings. The highest BCUT2D eigenvalue weighted by Crippen LogP contribution is 2.35. The Hall–Kier alpha value is -1.83. The molecule has 3 rings (SSSR count). The average molecular weight is 376 g/mol. The normalized spacial score (nSPS) is 17.8. The predicted octanol–water partition coefficient (Wildman–Crippen LogP) is 3.21. The van der Waals surface area contributed by atoms with Crippen molar-refractivity contribution in [2.24, 2.45) is 0 Å². The number of anilines is 1. The number of hydrogen-bond acceptors (Lipinski definition) is 5. The van der Waals surface area contributed by atoms with Crippen LogP contribution in [0.2, 0.25) is 0 Å². The Labute approximate surface area is 155 Å². The SMILES string of the molecule is C[C@H]1Sc2ccc(C(=O)NC[C@@H](c3cccs3)N(C)C)cc2NC1=O. The molecule has 2 amide bonds. The van der Waals surface area contributed by atoms with E-state index >= 15 is 0 Å². The van der Waals surface area contributed by atoms with Crippen molar-refractivity contribution in [2.75, 3.05) is 26.0 Å². The zero-order valence-corrected chi connectivity index (χ0v) is 16.0. The maximum absolute atomic E-state index is 12.5. The molecule has 0 saturated heterocycles. The van der Waals surface area contributed by atoms with Crippen molar-refractivity contribution in [1.82, 2.24) is 10.2 Å². The van der Waals surface area contributed by atoms with Crippen LogP contribution in [0.15, 0.2) is 40.6 Å². The van der Waals surface area contributed by atoms with Crippen LogP contribution in [0.3, 0.4) is 0 Å². The van der Waals surface area contributed by atoms with Crippen molar-refractivity contribution in [3.8, 4) is 0 Å². The van der Waals surface area contributed by atoms with Crippen LogP contribution in [0, 0.1) is 0 Å². The number of nitrogens with one attached hydrogen (secondary N) is 2.